The summed E-state index contributed by atoms with van der Waals surface area (Å²) in [7, 11) is 0. The smallest absolute Gasteiger partial charge is 0.235 e. The molecule has 1 fully saturated rings. The summed E-state index contributed by atoms with van der Waals surface area (Å²) < 4.78 is 0.952. The van der Waals surface area contributed by atoms with E-state index in [2.05, 4.69) is 21.2 Å². The monoisotopic (exact) mass is 266 g/mol. The maximum Gasteiger partial charge on any atom is 0.235 e. The molecule has 1 amide bonds. The number of amides is 1. The van der Waals surface area contributed by atoms with Crippen LogP contribution in [0.3, 0.4) is 0 Å². The number of rotatable bonds is 1. The van der Waals surface area contributed by atoms with E-state index in [4.69, 9.17) is 5.73 Å². The normalized spacial score (nSPS) is 31.6. The molecule has 1 aliphatic carbocycles. The molecule has 0 saturated heterocycles. The van der Waals surface area contributed by atoms with Gasteiger partial charge in [0, 0.05) is 4.47 Å². The summed E-state index contributed by atoms with van der Waals surface area (Å²) in [4.78, 5) is 11.9. The van der Waals surface area contributed by atoms with Gasteiger partial charge in [-0.3, -0.25) is 4.79 Å². The highest BCUT2D eigenvalue weighted by atomic mass is 79.9. The molecule has 2 unspecified atom stereocenters. The second-order valence-corrected chi connectivity index (χ2v) is 5.08. The summed E-state index contributed by atoms with van der Waals surface area (Å²) >= 11 is 3.45. The van der Waals surface area contributed by atoms with Gasteiger partial charge in [0.1, 0.15) is 0 Å². The fourth-order valence-corrected chi connectivity index (χ4v) is 3.06. The van der Waals surface area contributed by atoms with E-state index in [1.165, 1.54) is 0 Å². The lowest BCUT2D eigenvalue weighted by molar-refractivity contribution is -0.118. The lowest BCUT2D eigenvalue weighted by atomic mass is 9.95. The molecule has 0 radical (unpaired) electrons. The number of para-hydroxylation sites is 1. The number of halogens is 1. The number of anilines is 1. The SMILES string of the molecule is NCC1CC12C(=O)Nc1c(Br)cccc12. The van der Waals surface area contributed by atoms with Gasteiger partial charge in [0.25, 0.3) is 0 Å². The molecule has 0 bridgehead atoms. The van der Waals surface area contributed by atoms with Crippen molar-refractivity contribution in [3.63, 3.8) is 0 Å². The molecule has 4 heteroatoms. The van der Waals surface area contributed by atoms with Crippen LogP contribution < -0.4 is 11.1 Å². The first-order valence-corrected chi connectivity index (χ1v) is 5.80. The van der Waals surface area contributed by atoms with Crippen LogP contribution in [0.1, 0.15) is 12.0 Å². The zero-order chi connectivity index (χ0) is 10.6. The fraction of sp³-hybridized carbons (Fsp3) is 0.364. The maximum absolute atomic E-state index is 11.9. The lowest BCUT2D eigenvalue weighted by Gasteiger charge is -2.06. The number of hydrogen-bond acceptors (Lipinski definition) is 2. The molecule has 1 heterocycles. The highest BCUT2D eigenvalue weighted by Gasteiger charge is 2.64. The number of fused-ring (bicyclic) bond motifs is 2. The van der Waals surface area contributed by atoms with Crippen LogP contribution >= 0.6 is 15.9 Å². The third kappa shape index (κ3) is 1.01. The fourth-order valence-electron chi connectivity index (χ4n) is 2.59. The van der Waals surface area contributed by atoms with Gasteiger partial charge in [-0.05, 0) is 46.4 Å². The molecule has 3 rings (SSSR count). The number of nitrogens with two attached hydrogens (primary N) is 1. The van der Waals surface area contributed by atoms with Crippen LogP contribution in [0.2, 0.25) is 0 Å². The van der Waals surface area contributed by atoms with E-state index in [0.717, 1.165) is 22.1 Å². The third-order valence-electron chi connectivity index (χ3n) is 3.53. The zero-order valence-electron chi connectivity index (χ0n) is 8.09. The van der Waals surface area contributed by atoms with E-state index in [1.54, 1.807) is 0 Å². The molecular formula is C11H11BrN2O. The molecule has 0 aromatic heterocycles. The van der Waals surface area contributed by atoms with E-state index < -0.39 is 0 Å². The molecule has 1 aromatic rings. The molecule has 3 nitrogen and oxygen atoms in total. The minimum Gasteiger partial charge on any atom is -0.330 e. The van der Waals surface area contributed by atoms with Gasteiger partial charge in [-0.15, -0.1) is 0 Å². The predicted molar refractivity (Wildman–Crippen MR) is 61.6 cm³/mol. The Morgan fingerprint density at radius 2 is 2.40 bits per heavy atom. The van der Waals surface area contributed by atoms with Crippen molar-refractivity contribution < 1.29 is 4.79 Å². The van der Waals surface area contributed by atoms with Gasteiger partial charge in [0.15, 0.2) is 0 Å². The molecule has 78 valence electrons. The van der Waals surface area contributed by atoms with Gasteiger partial charge in [-0.2, -0.15) is 0 Å². The number of carbonyl (C=O) groups is 1. The van der Waals surface area contributed by atoms with Crippen LogP contribution in [-0.2, 0) is 10.2 Å². The standard InChI is InChI=1S/C11H11BrN2O/c12-8-3-1-2-7-9(8)14-10(15)11(7)4-6(11)5-13/h1-3,6H,4-5,13H2,(H,14,15). The van der Waals surface area contributed by atoms with Crippen LogP contribution in [0.25, 0.3) is 0 Å². The Balaban J connectivity index is 2.16. The Bertz CT molecular complexity index is 460. The van der Waals surface area contributed by atoms with Crippen LogP contribution in [0, 0.1) is 5.92 Å². The van der Waals surface area contributed by atoms with Gasteiger partial charge in [-0.25, -0.2) is 0 Å². The molecule has 1 aromatic carbocycles. The van der Waals surface area contributed by atoms with Crippen molar-refractivity contribution in [1.29, 1.82) is 0 Å². The number of benzene rings is 1. The number of nitrogens with one attached hydrogen (secondary N) is 1. The van der Waals surface area contributed by atoms with Crippen LogP contribution in [0.5, 0.6) is 0 Å². The Morgan fingerprint density at radius 1 is 1.60 bits per heavy atom. The molecule has 1 spiro atoms. The van der Waals surface area contributed by atoms with E-state index in [0.29, 0.717) is 12.5 Å². The minimum absolute atomic E-state index is 0.111. The summed E-state index contributed by atoms with van der Waals surface area (Å²) in [5.74, 6) is 0.424. The Labute approximate surface area is 96.2 Å². The first-order valence-electron chi connectivity index (χ1n) is 5.00. The largest absolute Gasteiger partial charge is 0.330 e. The molecule has 1 saturated carbocycles. The summed E-state index contributed by atoms with van der Waals surface area (Å²) in [6, 6.07) is 5.93. The van der Waals surface area contributed by atoms with Crippen molar-refractivity contribution in [3.8, 4) is 0 Å². The third-order valence-corrected chi connectivity index (χ3v) is 4.19. The average Bonchev–Trinajstić information content (AvgIpc) is 2.89. The van der Waals surface area contributed by atoms with Crippen molar-refractivity contribution in [3.05, 3.63) is 28.2 Å². The highest BCUT2D eigenvalue weighted by Crippen LogP contribution is 2.60. The summed E-state index contributed by atoms with van der Waals surface area (Å²) in [6.45, 7) is 0.583. The van der Waals surface area contributed by atoms with Crippen molar-refractivity contribution in [2.24, 2.45) is 11.7 Å². The topological polar surface area (TPSA) is 55.1 Å². The van der Waals surface area contributed by atoms with Gasteiger partial charge < -0.3 is 11.1 Å². The van der Waals surface area contributed by atoms with Gasteiger partial charge in [0.2, 0.25) is 5.91 Å². The minimum atomic E-state index is -0.312. The molecule has 2 atom stereocenters. The van der Waals surface area contributed by atoms with E-state index in [-0.39, 0.29) is 11.3 Å². The van der Waals surface area contributed by atoms with Crippen molar-refractivity contribution in [2.45, 2.75) is 11.8 Å². The summed E-state index contributed by atoms with van der Waals surface area (Å²) in [5.41, 5.74) is 7.38. The zero-order valence-corrected chi connectivity index (χ0v) is 9.67. The lowest BCUT2D eigenvalue weighted by Crippen LogP contribution is -2.23. The highest BCUT2D eigenvalue weighted by molar-refractivity contribution is 9.10. The number of carbonyl (C=O) groups excluding carboxylic acids is 1. The summed E-state index contributed by atoms with van der Waals surface area (Å²) in [5, 5.41) is 2.94. The first kappa shape index (κ1) is 9.36. The van der Waals surface area contributed by atoms with Crippen molar-refractivity contribution in [1.82, 2.24) is 0 Å². The molecule has 15 heavy (non-hydrogen) atoms. The quantitative estimate of drug-likeness (QED) is 0.812. The average molecular weight is 267 g/mol. The Hall–Kier alpha value is -0.870. The van der Waals surface area contributed by atoms with E-state index in [9.17, 15) is 4.79 Å². The number of hydrogen-bond donors (Lipinski definition) is 2. The Kier molecular flexibility index (Phi) is 1.77. The maximum atomic E-state index is 11.9. The predicted octanol–water partition coefficient (Wildman–Crippen LogP) is 1.62. The van der Waals surface area contributed by atoms with Gasteiger partial charge in [-0.1, -0.05) is 12.1 Å². The second-order valence-electron chi connectivity index (χ2n) is 4.22. The van der Waals surface area contributed by atoms with Crippen molar-refractivity contribution in [2.75, 3.05) is 11.9 Å². The van der Waals surface area contributed by atoms with Gasteiger partial charge in [0.05, 0.1) is 11.1 Å². The Morgan fingerprint density at radius 3 is 3.07 bits per heavy atom. The molecule has 2 aliphatic rings. The summed E-state index contributed by atoms with van der Waals surface area (Å²) in [6.07, 6.45) is 0.888. The van der Waals surface area contributed by atoms with Crippen LogP contribution in [0.4, 0.5) is 5.69 Å². The van der Waals surface area contributed by atoms with E-state index in [1.807, 2.05) is 18.2 Å². The van der Waals surface area contributed by atoms with Crippen LogP contribution in [0.15, 0.2) is 22.7 Å². The molecule has 1 aliphatic heterocycles. The first-order chi connectivity index (χ1) is 7.20. The molecular weight excluding hydrogens is 256 g/mol. The van der Waals surface area contributed by atoms with Crippen molar-refractivity contribution >= 4 is 27.5 Å². The van der Waals surface area contributed by atoms with Crippen LogP contribution in [-0.4, -0.2) is 12.5 Å². The van der Waals surface area contributed by atoms with Gasteiger partial charge >= 0.3 is 0 Å². The van der Waals surface area contributed by atoms with E-state index >= 15 is 0 Å². The molecule has 3 N–H and O–H groups in total. The second kappa shape index (κ2) is 2.83.